The summed E-state index contributed by atoms with van der Waals surface area (Å²) >= 11 is 1.29. The zero-order valence-corrected chi connectivity index (χ0v) is 21.7. The molecular weight excluding hydrogens is 500 g/mol. The summed E-state index contributed by atoms with van der Waals surface area (Å²) in [5.74, 6) is 1.13. The Morgan fingerprint density at radius 3 is 2.58 bits per heavy atom. The number of sulfonamides is 1. The Morgan fingerprint density at radius 1 is 1.06 bits per heavy atom. The average Bonchev–Trinajstić information content (AvgIpc) is 3.27. The standard InChI is InChI=1S/C24H26N6O4S2/c1-16-5-4-6-20(17(16)2)26-23(31)15-35-24-12-11-21-27-28-22(30(21)29-24)13-14-25-36(32,33)19-9-7-18(34-3)8-10-19/h4-12,25H,13-15H2,1-3H3,(H,26,31). The summed E-state index contributed by atoms with van der Waals surface area (Å²) in [4.78, 5) is 12.6. The van der Waals surface area contributed by atoms with E-state index in [1.807, 2.05) is 32.0 Å². The molecule has 0 aliphatic carbocycles. The van der Waals surface area contributed by atoms with E-state index in [2.05, 4.69) is 25.3 Å². The number of anilines is 1. The van der Waals surface area contributed by atoms with Gasteiger partial charge in [-0.25, -0.2) is 13.1 Å². The van der Waals surface area contributed by atoms with E-state index in [-0.39, 0.29) is 29.5 Å². The summed E-state index contributed by atoms with van der Waals surface area (Å²) in [6, 6.07) is 15.5. The van der Waals surface area contributed by atoms with Crippen LogP contribution in [0, 0.1) is 13.8 Å². The highest BCUT2D eigenvalue weighted by atomic mass is 32.2. The molecule has 0 saturated heterocycles. The zero-order valence-electron chi connectivity index (χ0n) is 20.1. The van der Waals surface area contributed by atoms with Crippen LogP contribution >= 0.6 is 11.8 Å². The van der Waals surface area contributed by atoms with Crippen molar-refractivity contribution in [3.05, 3.63) is 71.5 Å². The topological polar surface area (TPSA) is 128 Å². The Labute approximate surface area is 213 Å². The molecule has 12 heteroatoms. The quantitative estimate of drug-likeness (QED) is 0.302. The zero-order chi connectivity index (χ0) is 25.7. The fourth-order valence-corrected chi connectivity index (χ4v) is 5.08. The third-order valence-electron chi connectivity index (χ3n) is 5.54. The normalized spacial score (nSPS) is 11.5. The van der Waals surface area contributed by atoms with Crippen molar-refractivity contribution in [1.82, 2.24) is 24.5 Å². The van der Waals surface area contributed by atoms with Crippen molar-refractivity contribution in [2.24, 2.45) is 0 Å². The highest BCUT2D eigenvalue weighted by molar-refractivity contribution is 7.99. The van der Waals surface area contributed by atoms with Gasteiger partial charge in [0.25, 0.3) is 0 Å². The van der Waals surface area contributed by atoms with Crippen molar-refractivity contribution in [1.29, 1.82) is 0 Å². The molecule has 0 unspecified atom stereocenters. The number of hydrogen-bond donors (Lipinski definition) is 2. The third-order valence-corrected chi connectivity index (χ3v) is 7.94. The van der Waals surface area contributed by atoms with Crippen LogP contribution in [0.25, 0.3) is 5.65 Å². The lowest BCUT2D eigenvalue weighted by atomic mass is 10.1. The first-order chi connectivity index (χ1) is 17.3. The van der Waals surface area contributed by atoms with E-state index in [0.717, 1.165) is 16.8 Å². The molecule has 4 rings (SSSR count). The van der Waals surface area contributed by atoms with E-state index in [1.54, 1.807) is 28.8 Å². The van der Waals surface area contributed by atoms with Crippen molar-refractivity contribution in [2.45, 2.75) is 30.2 Å². The number of carbonyl (C=O) groups excluding carboxylic acids is 1. The molecule has 0 aliphatic heterocycles. The summed E-state index contributed by atoms with van der Waals surface area (Å²) in [5, 5.41) is 16.3. The lowest BCUT2D eigenvalue weighted by Gasteiger charge is -2.10. The van der Waals surface area contributed by atoms with Gasteiger partial charge >= 0.3 is 0 Å². The third kappa shape index (κ3) is 6.01. The Bertz CT molecular complexity index is 1490. The molecule has 2 N–H and O–H groups in total. The molecule has 0 atom stereocenters. The van der Waals surface area contributed by atoms with Gasteiger partial charge in [-0.3, -0.25) is 4.79 Å². The number of nitrogens with one attached hydrogen (secondary N) is 2. The Morgan fingerprint density at radius 2 is 1.83 bits per heavy atom. The average molecular weight is 527 g/mol. The van der Waals surface area contributed by atoms with E-state index in [0.29, 0.717) is 22.2 Å². The van der Waals surface area contributed by atoms with Crippen LogP contribution in [0.2, 0.25) is 0 Å². The van der Waals surface area contributed by atoms with Crippen LogP contribution in [0.4, 0.5) is 5.69 Å². The maximum absolute atomic E-state index is 12.5. The van der Waals surface area contributed by atoms with Crippen molar-refractivity contribution in [3.63, 3.8) is 0 Å². The number of ether oxygens (including phenoxy) is 1. The maximum Gasteiger partial charge on any atom is 0.240 e. The van der Waals surface area contributed by atoms with Gasteiger partial charge in [-0.2, -0.15) is 9.61 Å². The number of fused-ring (bicyclic) bond motifs is 1. The Balaban J connectivity index is 1.36. The van der Waals surface area contributed by atoms with E-state index in [4.69, 9.17) is 4.74 Å². The lowest BCUT2D eigenvalue weighted by Crippen LogP contribution is -2.26. The van der Waals surface area contributed by atoms with Crippen molar-refractivity contribution < 1.29 is 17.9 Å². The molecule has 188 valence electrons. The molecule has 2 aromatic heterocycles. The Kier molecular flexibility index (Phi) is 7.87. The molecule has 0 aliphatic rings. The summed E-state index contributed by atoms with van der Waals surface area (Å²) < 4.78 is 34.3. The first-order valence-corrected chi connectivity index (χ1v) is 13.6. The molecule has 0 radical (unpaired) electrons. The minimum absolute atomic E-state index is 0.118. The number of thioether (sulfide) groups is 1. The molecule has 2 heterocycles. The number of amides is 1. The summed E-state index contributed by atoms with van der Waals surface area (Å²) in [6.07, 6.45) is 0.283. The van der Waals surface area contributed by atoms with Crippen LogP contribution in [-0.2, 0) is 21.2 Å². The second-order valence-electron chi connectivity index (χ2n) is 7.97. The second kappa shape index (κ2) is 11.1. The number of rotatable bonds is 10. The largest absolute Gasteiger partial charge is 0.497 e. The van der Waals surface area contributed by atoms with E-state index >= 15 is 0 Å². The minimum atomic E-state index is -3.68. The van der Waals surface area contributed by atoms with Crippen LogP contribution in [-0.4, -0.2) is 53.5 Å². The fourth-order valence-electron chi connectivity index (χ4n) is 3.40. The van der Waals surface area contributed by atoms with Gasteiger partial charge in [-0.1, -0.05) is 23.9 Å². The first kappa shape index (κ1) is 25.6. The first-order valence-electron chi connectivity index (χ1n) is 11.1. The molecule has 10 nitrogen and oxygen atoms in total. The van der Waals surface area contributed by atoms with Gasteiger partial charge in [0.15, 0.2) is 11.5 Å². The molecule has 2 aromatic carbocycles. The van der Waals surface area contributed by atoms with Gasteiger partial charge in [0.1, 0.15) is 10.8 Å². The Hall–Kier alpha value is -3.48. The van der Waals surface area contributed by atoms with Crippen LogP contribution in [0.15, 0.2) is 64.5 Å². The number of carbonyl (C=O) groups is 1. The highest BCUT2D eigenvalue weighted by Crippen LogP contribution is 2.20. The van der Waals surface area contributed by atoms with Gasteiger partial charge in [-0.05, 0) is 67.4 Å². The fraction of sp³-hybridized carbons (Fsp3) is 0.250. The molecule has 0 bridgehead atoms. The maximum atomic E-state index is 12.5. The van der Waals surface area contributed by atoms with E-state index in [9.17, 15) is 13.2 Å². The van der Waals surface area contributed by atoms with Gasteiger partial charge in [0.2, 0.25) is 15.9 Å². The van der Waals surface area contributed by atoms with Crippen LogP contribution in [0.3, 0.4) is 0 Å². The SMILES string of the molecule is COc1ccc(S(=O)(=O)NCCc2nnc3ccc(SCC(=O)Nc4cccc(C)c4C)nn23)cc1. The number of aryl methyl sites for hydroxylation is 1. The molecule has 1 amide bonds. The van der Waals surface area contributed by atoms with E-state index in [1.165, 1.54) is 31.0 Å². The highest BCUT2D eigenvalue weighted by Gasteiger charge is 2.15. The molecule has 4 aromatic rings. The summed E-state index contributed by atoms with van der Waals surface area (Å²) in [5.41, 5.74) is 3.47. The van der Waals surface area contributed by atoms with Crippen molar-refractivity contribution in [3.8, 4) is 5.75 Å². The predicted molar refractivity (Wildman–Crippen MR) is 138 cm³/mol. The predicted octanol–water partition coefficient (Wildman–Crippen LogP) is 3.00. The number of hydrogen-bond acceptors (Lipinski definition) is 8. The number of aromatic nitrogens is 4. The van der Waals surface area contributed by atoms with Crippen LogP contribution < -0.4 is 14.8 Å². The summed E-state index contributed by atoms with van der Waals surface area (Å²) in [7, 11) is -2.16. The van der Waals surface area contributed by atoms with Gasteiger partial charge < -0.3 is 10.1 Å². The van der Waals surface area contributed by atoms with Gasteiger partial charge in [0.05, 0.1) is 17.8 Å². The van der Waals surface area contributed by atoms with Crippen molar-refractivity contribution >= 4 is 39.0 Å². The second-order valence-corrected chi connectivity index (χ2v) is 10.7. The van der Waals surface area contributed by atoms with Crippen LogP contribution in [0.1, 0.15) is 17.0 Å². The van der Waals surface area contributed by atoms with E-state index < -0.39 is 10.0 Å². The molecule has 0 fully saturated rings. The minimum Gasteiger partial charge on any atom is -0.497 e. The molecule has 36 heavy (non-hydrogen) atoms. The molecule has 0 saturated carbocycles. The van der Waals surface area contributed by atoms with Gasteiger partial charge in [0, 0.05) is 18.7 Å². The smallest absolute Gasteiger partial charge is 0.240 e. The molecule has 0 spiro atoms. The number of nitrogens with zero attached hydrogens (tertiary/aromatic N) is 4. The number of benzene rings is 2. The number of methoxy groups -OCH3 is 1. The monoisotopic (exact) mass is 526 g/mol. The van der Waals surface area contributed by atoms with Crippen LogP contribution in [0.5, 0.6) is 5.75 Å². The van der Waals surface area contributed by atoms with Crippen molar-refractivity contribution in [2.75, 3.05) is 24.7 Å². The summed E-state index contributed by atoms with van der Waals surface area (Å²) in [6.45, 7) is 4.09. The van der Waals surface area contributed by atoms with Gasteiger partial charge in [-0.15, -0.1) is 10.2 Å². The molecular formula is C24H26N6O4S2. The lowest BCUT2D eigenvalue weighted by molar-refractivity contribution is -0.113.